The van der Waals surface area contributed by atoms with Gasteiger partial charge in [0.05, 0.1) is 29.7 Å². The highest BCUT2D eigenvalue weighted by Crippen LogP contribution is 2.19. The van der Waals surface area contributed by atoms with E-state index in [2.05, 4.69) is 10.4 Å². The molecule has 6 heteroatoms. The second kappa shape index (κ2) is 7.97. The number of amides is 1. The van der Waals surface area contributed by atoms with Crippen molar-refractivity contribution in [3.05, 3.63) is 41.7 Å². The Morgan fingerprint density at radius 2 is 2.00 bits per heavy atom. The highest BCUT2D eigenvalue weighted by molar-refractivity contribution is 5.95. The minimum atomic E-state index is -0.472. The van der Waals surface area contributed by atoms with Gasteiger partial charge >= 0.3 is 0 Å². The van der Waals surface area contributed by atoms with Crippen molar-refractivity contribution in [2.45, 2.75) is 33.3 Å². The summed E-state index contributed by atoms with van der Waals surface area (Å²) in [6.07, 6.45) is 0.172. The van der Waals surface area contributed by atoms with Crippen LogP contribution in [0.5, 0.6) is 0 Å². The van der Waals surface area contributed by atoms with Crippen LogP contribution in [0.2, 0.25) is 0 Å². The Balaban J connectivity index is 2.12. The van der Waals surface area contributed by atoms with Gasteiger partial charge in [0.2, 0.25) is 5.91 Å². The van der Waals surface area contributed by atoms with Crippen molar-refractivity contribution >= 4 is 17.3 Å². The van der Waals surface area contributed by atoms with Crippen LogP contribution in [0.3, 0.4) is 0 Å². The molecule has 0 fully saturated rings. The van der Waals surface area contributed by atoms with Crippen LogP contribution in [0.25, 0.3) is 0 Å². The molecule has 1 aromatic carbocycles. The summed E-state index contributed by atoms with van der Waals surface area (Å²) >= 11 is 0. The number of hydrogen-bond donors (Lipinski definition) is 2. The Kier molecular flexibility index (Phi) is 5.98. The summed E-state index contributed by atoms with van der Waals surface area (Å²) in [5.74, 6) is -0.124. The van der Waals surface area contributed by atoms with Crippen molar-refractivity contribution in [3.63, 3.8) is 0 Å². The first-order valence-electron chi connectivity index (χ1n) is 8.20. The predicted molar refractivity (Wildman–Crippen MR) is 96.3 cm³/mol. The van der Waals surface area contributed by atoms with Crippen molar-refractivity contribution in [1.29, 1.82) is 0 Å². The summed E-state index contributed by atoms with van der Waals surface area (Å²) in [5.41, 5.74) is 3.38. The summed E-state index contributed by atoms with van der Waals surface area (Å²) in [5, 5.41) is 17.3. The molecule has 1 heterocycles. The van der Waals surface area contributed by atoms with Gasteiger partial charge in [0.25, 0.3) is 0 Å². The third kappa shape index (κ3) is 4.35. The second-order valence-corrected chi connectivity index (χ2v) is 6.00. The number of aromatic nitrogens is 2. The normalized spacial score (nSPS) is 12.0. The molecule has 0 aliphatic rings. The van der Waals surface area contributed by atoms with E-state index in [1.807, 2.05) is 63.1 Å². The molecule has 0 aliphatic heterocycles. The van der Waals surface area contributed by atoms with Crippen LogP contribution in [-0.2, 0) is 11.8 Å². The van der Waals surface area contributed by atoms with Gasteiger partial charge in [-0.15, -0.1) is 0 Å². The quantitative estimate of drug-likeness (QED) is 0.817. The van der Waals surface area contributed by atoms with E-state index < -0.39 is 6.10 Å². The third-order valence-corrected chi connectivity index (χ3v) is 4.13. The van der Waals surface area contributed by atoms with Crippen LogP contribution in [0.4, 0.5) is 11.4 Å². The van der Waals surface area contributed by atoms with Crippen LogP contribution < -0.4 is 10.2 Å². The number of nitrogens with one attached hydrogen (secondary N) is 1. The van der Waals surface area contributed by atoms with E-state index in [9.17, 15) is 9.90 Å². The fourth-order valence-corrected chi connectivity index (χ4v) is 2.59. The fourth-order valence-electron chi connectivity index (χ4n) is 2.59. The van der Waals surface area contributed by atoms with E-state index in [1.165, 1.54) is 0 Å². The Hall–Kier alpha value is -2.34. The van der Waals surface area contributed by atoms with E-state index in [0.29, 0.717) is 13.0 Å². The number of aryl methyl sites for hydroxylation is 2. The van der Waals surface area contributed by atoms with Gasteiger partial charge in [-0.3, -0.25) is 9.48 Å². The molecular formula is C18H26N4O2. The lowest BCUT2D eigenvalue weighted by atomic mass is 10.2. The summed E-state index contributed by atoms with van der Waals surface area (Å²) in [6.45, 7) is 6.31. The number of hydrogen-bond acceptors (Lipinski definition) is 4. The number of nitrogens with zero attached hydrogens (tertiary/aromatic N) is 3. The standard InChI is InChI=1S/C18H26N4O2/c1-5-16(23)11-22(15-9-7-6-8-10-15)12-17(24)19-18-13(2)20-21(4)14(18)3/h6-10,16,23H,5,11-12H2,1-4H3,(H,19,24). The monoisotopic (exact) mass is 330 g/mol. The fraction of sp³-hybridized carbons (Fsp3) is 0.444. The Morgan fingerprint density at radius 3 is 2.54 bits per heavy atom. The number of benzene rings is 1. The zero-order valence-corrected chi connectivity index (χ0v) is 14.8. The smallest absolute Gasteiger partial charge is 0.243 e. The van der Waals surface area contributed by atoms with E-state index in [4.69, 9.17) is 0 Å². The van der Waals surface area contributed by atoms with Gasteiger partial charge in [-0.1, -0.05) is 25.1 Å². The first-order valence-corrected chi connectivity index (χ1v) is 8.20. The Morgan fingerprint density at radius 1 is 1.33 bits per heavy atom. The lowest BCUT2D eigenvalue weighted by molar-refractivity contribution is -0.115. The molecule has 0 bridgehead atoms. The maximum atomic E-state index is 12.5. The number of anilines is 2. The number of aliphatic hydroxyl groups is 1. The summed E-state index contributed by atoms with van der Waals surface area (Å²) < 4.78 is 1.75. The van der Waals surface area contributed by atoms with Gasteiger partial charge in [-0.2, -0.15) is 5.10 Å². The van der Waals surface area contributed by atoms with Crippen LogP contribution in [0.1, 0.15) is 24.7 Å². The van der Waals surface area contributed by atoms with Crippen molar-refractivity contribution in [3.8, 4) is 0 Å². The minimum Gasteiger partial charge on any atom is -0.391 e. The molecule has 6 nitrogen and oxygen atoms in total. The number of carbonyl (C=O) groups is 1. The topological polar surface area (TPSA) is 70.4 Å². The summed E-state index contributed by atoms with van der Waals surface area (Å²) in [6, 6.07) is 9.66. The molecule has 1 atom stereocenters. The maximum Gasteiger partial charge on any atom is 0.243 e. The molecule has 2 aromatic rings. The lowest BCUT2D eigenvalue weighted by Crippen LogP contribution is -2.38. The largest absolute Gasteiger partial charge is 0.391 e. The van der Waals surface area contributed by atoms with E-state index >= 15 is 0 Å². The summed E-state index contributed by atoms with van der Waals surface area (Å²) in [7, 11) is 1.85. The average molecular weight is 330 g/mol. The average Bonchev–Trinajstić information content (AvgIpc) is 2.81. The molecule has 2 rings (SSSR count). The zero-order valence-electron chi connectivity index (χ0n) is 14.8. The van der Waals surface area contributed by atoms with Crippen molar-refractivity contribution in [1.82, 2.24) is 9.78 Å². The van der Waals surface area contributed by atoms with E-state index in [0.717, 1.165) is 22.8 Å². The number of rotatable bonds is 7. The molecule has 0 saturated carbocycles. The van der Waals surface area contributed by atoms with Crippen molar-refractivity contribution in [2.24, 2.45) is 7.05 Å². The van der Waals surface area contributed by atoms with Crippen molar-refractivity contribution < 1.29 is 9.90 Å². The van der Waals surface area contributed by atoms with Crippen LogP contribution in [0.15, 0.2) is 30.3 Å². The molecule has 130 valence electrons. The molecule has 24 heavy (non-hydrogen) atoms. The first kappa shape index (κ1) is 18.0. The molecular weight excluding hydrogens is 304 g/mol. The molecule has 0 aliphatic carbocycles. The molecule has 1 aromatic heterocycles. The van der Waals surface area contributed by atoms with Gasteiger partial charge in [-0.25, -0.2) is 0 Å². The highest BCUT2D eigenvalue weighted by Gasteiger charge is 2.17. The van der Waals surface area contributed by atoms with Gasteiger partial charge < -0.3 is 15.3 Å². The molecule has 0 saturated heterocycles. The molecule has 1 amide bonds. The maximum absolute atomic E-state index is 12.5. The summed E-state index contributed by atoms with van der Waals surface area (Å²) in [4.78, 5) is 14.4. The SMILES string of the molecule is CCC(O)CN(CC(=O)Nc1c(C)nn(C)c1C)c1ccccc1. The number of para-hydroxylation sites is 1. The predicted octanol–water partition coefficient (Wildman–Crippen LogP) is 2.25. The van der Waals surface area contributed by atoms with E-state index in [1.54, 1.807) is 4.68 Å². The van der Waals surface area contributed by atoms with Gasteiger partial charge in [0.15, 0.2) is 0 Å². The molecule has 2 N–H and O–H groups in total. The molecule has 0 spiro atoms. The Labute approximate surface area is 143 Å². The first-order chi connectivity index (χ1) is 11.4. The number of aliphatic hydroxyl groups excluding tert-OH is 1. The van der Waals surface area contributed by atoms with Gasteiger partial charge in [0, 0.05) is 19.3 Å². The van der Waals surface area contributed by atoms with Crippen LogP contribution in [0, 0.1) is 13.8 Å². The van der Waals surface area contributed by atoms with Gasteiger partial charge in [0.1, 0.15) is 0 Å². The third-order valence-electron chi connectivity index (χ3n) is 4.13. The second-order valence-electron chi connectivity index (χ2n) is 6.00. The van der Waals surface area contributed by atoms with E-state index in [-0.39, 0.29) is 12.5 Å². The molecule has 1 unspecified atom stereocenters. The molecule has 0 radical (unpaired) electrons. The lowest BCUT2D eigenvalue weighted by Gasteiger charge is -2.26. The van der Waals surface area contributed by atoms with Crippen molar-refractivity contribution in [2.75, 3.05) is 23.3 Å². The number of carbonyl (C=O) groups excluding carboxylic acids is 1. The van der Waals surface area contributed by atoms with Crippen LogP contribution >= 0.6 is 0 Å². The van der Waals surface area contributed by atoms with Gasteiger partial charge in [-0.05, 0) is 32.4 Å². The van der Waals surface area contributed by atoms with Crippen LogP contribution in [-0.4, -0.2) is 40.0 Å². The minimum absolute atomic E-state index is 0.124. The highest BCUT2D eigenvalue weighted by atomic mass is 16.3. The zero-order chi connectivity index (χ0) is 17.7. The Bertz CT molecular complexity index is 682.